The van der Waals surface area contributed by atoms with Gasteiger partial charge in [0.2, 0.25) is 0 Å². The molecule has 7 heteroatoms. The van der Waals surface area contributed by atoms with Gasteiger partial charge in [-0.3, -0.25) is 9.48 Å². The first-order valence-electron chi connectivity index (χ1n) is 10.5. The van der Waals surface area contributed by atoms with Gasteiger partial charge in [0.15, 0.2) is 12.3 Å². The maximum absolute atomic E-state index is 13.1. The van der Waals surface area contributed by atoms with Crippen molar-refractivity contribution >= 4 is 28.6 Å². The van der Waals surface area contributed by atoms with Gasteiger partial charge in [-0.15, -0.1) is 0 Å². The quantitative estimate of drug-likeness (QED) is 0.465. The van der Waals surface area contributed by atoms with E-state index in [-0.39, 0.29) is 12.5 Å². The number of aromatic nitrogens is 3. The van der Waals surface area contributed by atoms with Crippen molar-refractivity contribution in [3.8, 4) is 11.3 Å². The highest BCUT2D eigenvalue weighted by Gasteiger charge is 2.26. The van der Waals surface area contributed by atoms with Crippen LogP contribution in [0.2, 0.25) is 0 Å². The SMILES string of the molecule is Cc1nn(C)c2nc(-c3ccccc3)cc(C(=O)OCC(=O)N3CCc4ccccc43)c12. The molecule has 160 valence electrons. The molecule has 1 aliphatic rings. The second kappa shape index (κ2) is 7.92. The van der Waals surface area contributed by atoms with Crippen LogP contribution < -0.4 is 4.90 Å². The molecule has 1 amide bonds. The van der Waals surface area contributed by atoms with E-state index in [4.69, 9.17) is 9.72 Å². The predicted molar refractivity (Wildman–Crippen MR) is 121 cm³/mol. The third kappa shape index (κ3) is 3.41. The van der Waals surface area contributed by atoms with Crippen LogP contribution in [0.3, 0.4) is 0 Å². The first-order valence-corrected chi connectivity index (χ1v) is 10.5. The lowest BCUT2D eigenvalue weighted by Gasteiger charge is -2.17. The molecule has 32 heavy (non-hydrogen) atoms. The number of nitrogens with zero attached hydrogens (tertiary/aromatic N) is 4. The first kappa shape index (κ1) is 19.9. The molecule has 0 radical (unpaired) electrons. The summed E-state index contributed by atoms with van der Waals surface area (Å²) in [6, 6.07) is 19.1. The third-order valence-corrected chi connectivity index (χ3v) is 5.77. The zero-order valence-electron chi connectivity index (χ0n) is 17.9. The number of ether oxygens (including phenoxy) is 1. The normalized spacial score (nSPS) is 12.8. The lowest BCUT2D eigenvalue weighted by atomic mass is 10.1. The molecule has 7 nitrogen and oxygen atoms in total. The van der Waals surface area contributed by atoms with E-state index < -0.39 is 5.97 Å². The molecular weight excluding hydrogens is 404 g/mol. The zero-order valence-corrected chi connectivity index (χ0v) is 17.9. The molecule has 0 aliphatic carbocycles. The molecule has 0 saturated carbocycles. The Morgan fingerprint density at radius 2 is 1.81 bits per heavy atom. The van der Waals surface area contributed by atoms with Crippen LogP contribution in [0.1, 0.15) is 21.6 Å². The molecule has 2 aromatic carbocycles. The summed E-state index contributed by atoms with van der Waals surface area (Å²) in [4.78, 5) is 32.3. The molecule has 0 saturated heterocycles. The summed E-state index contributed by atoms with van der Waals surface area (Å²) < 4.78 is 7.14. The molecular formula is C25H22N4O3. The van der Waals surface area contributed by atoms with Crippen molar-refractivity contribution in [2.75, 3.05) is 18.1 Å². The van der Waals surface area contributed by atoms with Crippen LogP contribution >= 0.6 is 0 Å². The van der Waals surface area contributed by atoms with Gasteiger partial charge in [0, 0.05) is 24.8 Å². The van der Waals surface area contributed by atoms with E-state index in [2.05, 4.69) is 5.10 Å². The molecule has 0 atom stereocenters. The number of pyridine rings is 1. The molecule has 0 spiro atoms. The summed E-state index contributed by atoms with van der Waals surface area (Å²) in [6.45, 7) is 2.10. The summed E-state index contributed by atoms with van der Waals surface area (Å²) in [7, 11) is 1.79. The second-order valence-corrected chi connectivity index (χ2v) is 7.83. The van der Waals surface area contributed by atoms with Crippen molar-refractivity contribution < 1.29 is 14.3 Å². The monoisotopic (exact) mass is 426 g/mol. The van der Waals surface area contributed by atoms with Crippen molar-refractivity contribution in [2.45, 2.75) is 13.3 Å². The Labute approximate surface area is 185 Å². The Morgan fingerprint density at radius 3 is 2.62 bits per heavy atom. The summed E-state index contributed by atoms with van der Waals surface area (Å²) >= 11 is 0. The Morgan fingerprint density at radius 1 is 1.06 bits per heavy atom. The lowest BCUT2D eigenvalue weighted by Crippen LogP contribution is -2.33. The lowest BCUT2D eigenvalue weighted by molar-refractivity contribution is -0.121. The average molecular weight is 426 g/mol. The first-order chi connectivity index (χ1) is 15.5. The number of carbonyl (C=O) groups is 2. The van der Waals surface area contributed by atoms with Gasteiger partial charge >= 0.3 is 5.97 Å². The Hall–Kier alpha value is -4.00. The number of para-hydroxylation sites is 1. The van der Waals surface area contributed by atoms with E-state index in [9.17, 15) is 9.59 Å². The van der Waals surface area contributed by atoms with Crippen LogP contribution in [0.15, 0.2) is 60.7 Å². The molecule has 4 aromatic rings. The largest absolute Gasteiger partial charge is 0.452 e. The Balaban J connectivity index is 1.44. The minimum Gasteiger partial charge on any atom is -0.452 e. The fourth-order valence-corrected chi connectivity index (χ4v) is 4.24. The molecule has 1 aliphatic heterocycles. The van der Waals surface area contributed by atoms with Crippen molar-refractivity contribution in [2.24, 2.45) is 7.05 Å². The summed E-state index contributed by atoms with van der Waals surface area (Å²) in [5.41, 5.74) is 5.17. The van der Waals surface area contributed by atoms with Crippen LogP contribution in [-0.4, -0.2) is 39.8 Å². The van der Waals surface area contributed by atoms with Crippen molar-refractivity contribution in [3.63, 3.8) is 0 Å². The van der Waals surface area contributed by atoms with Crippen LogP contribution in [0.4, 0.5) is 5.69 Å². The molecule has 0 unspecified atom stereocenters. The predicted octanol–water partition coefficient (Wildman–Crippen LogP) is 3.69. The Kier molecular flexibility index (Phi) is 4.93. The number of hydrogen-bond acceptors (Lipinski definition) is 5. The van der Waals surface area contributed by atoms with Gasteiger partial charge in [-0.05, 0) is 31.0 Å². The van der Waals surface area contributed by atoms with Crippen LogP contribution in [0, 0.1) is 6.92 Å². The van der Waals surface area contributed by atoms with Crippen molar-refractivity contribution in [1.82, 2.24) is 14.8 Å². The van der Waals surface area contributed by atoms with Gasteiger partial charge in [0.25, 0.3) is 5.91 Å². The third-order valence-electron chi connectivity index (χ3n) is 5.77. The summed E-state index contributed by atoms with van der Waals surface area (Å²) in [5, 5.41) is 5.06. The highest BCUT2D eigenvalue weighted by Crippen LogP contribution is 2.29. The van der Waals surface area contributed by atoms with Gasteiger partial charge in [-0.2, -0.15) is 5.10 Å². The highest BCUT2D eigenvalue weighted by molar-refractivity contribution is 6.06. The van der Waals surface area contributed by atoms with E-state index in [1.165, 1.54) is 0 Å². The van der Waals surface area contributed by atoms with Crippen LogP contribution in [0.25, 0.3) is 22.3 Å². The maximum Gasteiger partial charge on any atom is 0.339 e. The topological polar surface area (TPSA) is 77.3 Å². The summed E-state index contributed by atoms with van der Waals surface area (Å²) in [5.74, 6) is -0.800. The zero-order chi connectivity index (χ0) is 22.2. The van der Waals surface area contributed by atoms with Crippen molar-refractivity contribution in [3.05, 3.63) is 77.5 Å². The number of carbonyl (C=O) groups excluding carboxylic acids is 2. The number of aryl methyl sites for hydroxylation is 2. The maximum atomic E-state index is 13.1. The minimum absolute atomic E-state index is 0.236. The average Bonchev–Trinajstić information content (AvgIpc) is 3.38. The molecule has 0 bridgehead atoms. The minimum atomic E-state index is -0.563. The standard InChI is InChI=1S/C25H22N4O3/c1-16-23-19(14-20(17-8-4-3-5-9-17)26-24(23)28(2)27-16)25(31)32-15-22(30)29-13-12-18-10-6-7-11-21(18)29/h3-11,14H,12-13,15H2,1-2H3. The second-order valence-electron chi connectivity index (χ2n) is 7.83. The van der Waals surface area contributed by atoms with Gasteiger partial charge in [0.1, 0.15) is 0 Å². The van der Waals surface area contributed by atoms with Gasteiger partial charge < -0.3 is 9.64 Å². The van der Waals surface area contributed by atoms with E-state index in [0.717, 1.165) is 23.2 Å². The number of esters is 1. The van der Waals surface area contributed by atoms with E-state index in [0.29, 0.717) is 34.5 Å². The molecule has 2 aromatic heterocycles. The number of hydrogen-bond donors (Lipinski definition) is 0. The van der Waals surface area contributed by atoms with E-state index >= 15 is 0 Å². The highest BCUT2D eigenvalue weighted by atomic mass is 16.5. The number of amides is 1. The van der Waals surface area contributed by atoms with E-state index in [1.807, 2.05) is 61.5 Å². The smallest absolute Gasteiger partial charge is 0.339 e. The molecule has 0 N–H and O–H groups in total. The number of rotatable bonds is 4. The van der Waals surface area contributed by atoms with Gasteiger partial charge in [0.05, 0.1) is 22.3 Å². The van der Waals surface area contributed by atoms with E-state index in [1.54, 1.807) is 22.7 Å². The molecule has 3 heterocycles. The van der Waals surface area contributed by atoms with Crippen LogP contribution in [-0.2, 0) is 23.0 Å². The number of benzene rings is 2. The number of anilines is 1. The molecule has 5 rings (SSSR count). The molecule has 0 fully saturated rings. The van der Waals surface area contributed by atoms with Gasteiger partial charge in [-0.25, -0.2) is 9.78 Å². The fraction of sp³-hybridized carbons (Fsp3) is 0.200. The van der Waals surface area contributed by atoms with Crippen molar-refractivity contribution in [1.29, 1.82) is 0 Å². The number of fused-ring (bicyclic) bond motifs is 2. The van der Waals surface area contributed by atoms with Crippen LogP contribution in [0.5, 0.6) is 0 Å². The van der Waals surface area contributed by atoms with Gasteiger partial charge in [-0.1, -0.05) is 48.5 Å². The Bertz CT molecular complexity index is 1340. The summed E-state index contributed by atoms with van der Waals surface area (Å²) in [6.07, 6.45) is 0.802. The fourth-order valence-electron chi connectivity index (χ4n) is 4.24.